The van der Waals surface area contributed by atoms with Gasteiger partial charge in [-0.1, -0.05) is 18.2 Å². The Labute approximate surface area is 181 Å². The molecule has 8 heteroatoms. The maximum atomic E-state index is 14.0. The van der Waals surface area contributed by atoms with Crippen molar-refractivity contribution in [3.05, 3.63) is 102 Å². The van der Waals surface area contributed by atoms with Crippen LogP contribution in [0.5, 0.6) is 0 Å². The van der Waals surface area contributed by atoms with Crippen molar-refractivity contribution in [3.8, 4) is 0 Å². The minimum Gasteiger partial charge on any atom is -0.299 e. The fraction of sp³-hybridized carbons (Fsp3) is 0.167. The molecule has 3 heterocycles. The van der Waals surface area contributed by atoms with Crippen LogP contribution in [0.15, 0.2) is 73.3 Å². The number of rotatable bonds is 6. The van der Waals surface area contributed by atoms with Crippen molar-refractivity contribution < 1.29 is 22.4 Å². The summed E-state index contributed by atoms with van der Waals surface area (Å²) in [6.45, 7) is 0. The Kier molecular flexibility index (Phi) is 5.94. The van der Waals surface area contributed by atoms with E-state index in [1.807, 2.05) is 0 Å². The standard InChI is InChI=1S/C24H17F4N3O/c25-21-7-1-5-16-11-17(14-31-22(16)21)19(12-18(32)10-15-4-2-8-29-13-15)23-20(24(26,27)28)6-3-9-30-23/h1-9,11,13-14,19H,10,12H2/t19-/m0/s1. The zero-order chi connectivity index (χ0) is 22.7. The molecule has 162 valence electrons. The van der Waals surface area contributed by atoms with Gasteiger partial charge in [0.1, 0.15) is 17.1 Å². The highest BCUT2D eigenvalue weighted by Gasteiger charge is 2.37. The molecule has 0 N–H and O–H groups in total. The number of hydrogen-bond acceptors (Lipinski definition) is 4. The van der Waals surface area contributed by atoms with Crippen LogP contribution < -0.4 is 0 Å². The van der Waals surface area contributed by atoms with Crippen molar-refractivity contribution in [2.24, 2.45) is 0 Å². The highest BCUT2D eigenvalue weighted by atomic mass is 19.4. The molecule has 0 spiro atoms. The van der Waals surface area contributed by atoms with Gasteiger partial charge >= 0.3 is 6.18 Å². The summed E-state index contributed by atoms with van der Waals surface area (Å²) in [4.78, 5) is 24.9. The van der Waals surface area contributed by atoms with Gasteiger partial charge in [-0.3, -0.25) is 19.7 Å². The molecule has 4 nitrogen and oxygen atoms in total. The Morgan fingerprint density at radius 2 is 1.78 bits per heavy atom. The van der Waals surface area contributed by atoms with E-state index >= 15 is 0 Å². The lowest BCUT2D eigenvalue weighted by atomic mass is 9.87. The van der Waals surface area contributed by atoms with Crippen LogP contribution in [0, 0.1) is 5.82 Å². The number of nitrogens with zero attached hydrogens (tertiary/aromatic N) is 3. The third-order valence-electron chi connectivity index (χ3n) is 5.12. The predicted molar refractivity (Wildman–Crippen MR) is 110 cm³/mol. The van der Waals surface area contributed by atoms with E-state index in [-0.39, 0.29) is 29.8 Å². The average Bonchev–Trinajstić information content (AvgIpc) is 2.77. The van der Waals surface area contributed by atoms with Crippen molar-refractivity contribution in [3.63, 3.8) is 0 Å². The normalized spacial score (nSPS) is 12.6. The van der Waals surface area contributed by atoms with Crippen molar-refractivity contribution in [1.29, 1.82) is 0 Å². The van der Waals surface area contributed by atoms with Gasteiger partial charge in [-0.25, -0.2) is 4.39 Å². The number of ketones is 1. The minimum absolute atomic E-state index is 0.0220. The Balaban J connectivity index is 1.78. The average molecular weight is 439 g/mol. The summed E-state index contributed by atoms with van der Waals surface area (Å²) in [5, 5.41) is 0.427. The van der Waals surface area contributed by atoms with Crippen molar-refractivity contribution in [2.45, 2.75) is 24.9 Å². The molecule has 1 aromatic carbocycles. The van der Waals surface area contributed by atoms with Crippen LogP contribution in [0.2, 0.25) is 0 Å². The quantitative estimate of drug-likeness (QED) is 0.372. The summed E-state index contributed by atoms with van der Waals surface area (Å²) in [7, 11) is 0. The highest BCUT2D eigenvalue weighted by Crippen LogP contribution is 2.38. The SMILES string of the molecule is O=C(Cc1cccnc1)C[C@@H](c1cnc2c(F)cccc2c1)c1ncccc1C(F)(F)F. The van der Waals surface area contributed by atoms with Crippen LogP contribution in [0.4, 0.5) is 17.6 Å². The zero-order valence-electron chi connectivity index (χ0n) is 16.7. The second-order valence-electron chi connectivity index (χ2n) is 7.35. The molecule has 0 aliphatic heterocycles. The number of Topliss-reactive ketones (excluding diaryl/α,β-unsaturated/α-hetero) is 1. The summed E-state index contributed by atoms with van der Waals surface area (Å²) in [5.74, 6) is -1.81. The summed E-state index contributed by atoms with van der Waals surface area (Å²) in [6, 6.07) is 11.5. The van der Waals surface area contributed by atoms with E-state index in [4.69, 9.17) is 0 Å². The van der Waals surface area contributed by atoms with Crippen LogP contribution in [-0.2, 0) is 17.4 Å². The summed E-state index contributed by atoms with van der Waals surface area (Å²) in [5.41, 5.74) is -0.0665. The van der Waals surface area contributed by atoms with Gasteiger partial charge in [-0.2, -0.15) is 13.2 Å². The van der Waals surface area contributed by atoms with Gasteiger partial charge in [0.15, 0.2) is 0 Å². The number of carbonyl (C=O) groups is 1. The Morgan fingerprint density at radius 1 is 0.969 bits per heavy atom. The Hall–Kier alpha value is -3.68. The van der Waals surface area contributed by atoms with Gasteiger partial charge in [0, 0.05) is 48.9 Å². The Bertz CT molecular complexity index is 1260. The van der Waals surface area contributed by atoms with Crippen molar-refractivity contribution in [2.75, 3.05) is 0 Å². The van der Waals surface area contributed by atoms with Crippen molar-refractivity contribution in [1.82, 2.24) is 15.0 Å². The van der Waals surface area contributed by atoms with Gasteiger partial charge in [0.25, 0.3) is 0 Å². The number of carbonyl (C=O) groups excluding carboxylic acids is 1. The smallest absolute Gasteiger partial charge is 0.299 e. The molecule has 3 aromatic heterocycles. The second-order valence-corrected chi connectivity index (χ2v) is 7.35. The third-order valence-corrected chi connectivity index (χ3v) is 5.12. The minimum atomic E-state index is -4.65. The molecule has 1 atom stereocenters. The number of fused-ring (bicyclic) bond motifs is 1. The molecule has 4 aromatic rings. The van der Waals surface area contributed by atoms with E-state index < -0.39 is 23.5 Å². The van der Waals surface area contributed by atoms with E-state index in [2.05, 4.69) is 15.0 Å². The van der Waals surface area contributed by atoms with Crippen LogP contribution in [0.25, 0.3) is 10.9 Å². The molecule has 0 fully saturated rings. The van der Waals surface area contributed by atoms with Crippen LogP contribution in [0.3, 0.4) is 0 Å². The van der Waals surface area contributed by atoms with Gasteiger partial charge < -0.3 is 0 Å². The maximum absolute atomic E-state index is 14.0. The maximum Gasteiger partial charge on any atom is 0.418 e. The third kappa shape index (κ3) is 4.64. The lowest BCUT2D eigenvalue weighted by Gasteiger charge is -2.21. The number of alkyl halides is 3. The van der Waals surface area contributed by atoms with Crippen LogP contribution in [0.1, 0.15) is 34.7 Å². The first-order valence-electron chi connectivity index (χ1n) is 9.80. The molecular weight excluding hydrogens is 422 g/mol. The molecule has 0 radical (unpaired) electrons. The molecular formula is C24H17F4N3O. The number of benzene rings is 1. The molecule has 0 aliphatic carbocycles. The molecule has 0 bridgehead atoms. The van der Waals surface area contributed by atoms with Gasteiger partial charge in [-0.05, 0) is 41.5 Å². The first kappa shape index (κ1) is 21.5. The van der Waals surface area contributed by atoms with Gasteiger partial charge in [0.05, 0.1) is 11.3 Å². The van der Waals surface area contributed by atoms with E-state index in [0.29, 0.717) is 16.5 Å². The number of pyridine rings is 3. The lowest BCUT2D eigenvalue weighted by molar-refractivity contribution is -0.138. The zero-order valence-corrected chi connectivity index (χ0v) is 16.7. The summed E-state index contributed by atoms with van der Waals surface area (Å²) in [6.07, 6.45) is 0.825. The molecule has 0 aliphatic rings. The number of hydrogen-bond donors (Lipinski definition) is 0. The van der Waals surface area contributed by atoms with E-state index in [0.717, 1.165) is 6.07 Å². The van der Waals surface area contributed by atoms with E-state index in [1.54, 1.807) is 30.5 Å². The van der Waals surface area contributed by atoms with Gasteiger partial charge in [-0.15, -0.1) is 0 Å². The summed E-state index contributed by atoms with van der Waals surface area (Å²) >= 11 is 0. The number of para-hydroxylation sites is 1. The largest absolute Gasteiger partial charge is 0.418 e. The number of aromatic nitrogens is 3. The Morgan fingerprint density at radius 3 is 2.53 bits per heavy atom. The fourth-order valence-electron chi connectivity index (χ4n) is 3.67. The first-order chi connectivity index (χ1) is 15.3. The topological polar surface area (TPSA) is 55.7 Å². The molecule has 4 rings (SSSR count). The van der Waals surface area contributed by atoms with Gasteiger partial charge in [0.2, 0.25) is 0 Å². The monoisotopic (exact) mass is 439 g/mol. The lowest BCUT2D eigenvalue weighted by Crippen LogP contribution is -2.18. The van der Waals surface area contributed by atoms with Crippen LogP contribution >= 0.6 is 0 Å². The molecule has 0 saturated heterocycles. The molecule has 0 unspecified atom stereocenters. The molecule has 32 heavy (non-hydrogen) atoms. The first-order valence-corrected chi connectivity index (χ1v) is 9.80. The molecule has 0 saturated carbocycles. The summed E-state index contributed by atoms with van der Waals surface area (Å²) < 4.78 is 55.2. The van der Waals surface area contributed by atoms with Crippen LogP contribution in [-0.4, -0.2) is 20.7 Å². The number of halogens is 4. The van der Waals surface area contributed by atoms with E-state index in [1.165, 1.54) is 36.8 Å². The second kappa shape index (κ2) is 8.82. The predicted octanol–water partition coefficient (Wildman–Crippen LogP) is 5.52. The fourth-order valence-corrected chi connectivity index (χ4v) is 3.67. The molecule has 0 amide bonds. The van der Waals surface area contributed by atoms with E-state index in [9.17, 15) is 22.4 Å². The van der Waals surface area contributed by atoms with Crippen molar-refractivity contribution >= 4 is 16.7 Å². The highest BCUT2D eigenvalue weighted by molar-refractivity contribution is 5.83.